The molecular weight excluding hydrogens is 314 g/mol. The zero-order valence-electron chi connectivity index (χ0n) is 11.9. The Morgan fingerprint density at radius 3 is 2.35 bits per heavy atom. The smallest absolute Gasteiger partial charge is 0.419 e. The Bertz CT molecular complexity index is 669. The topological polar surface area (TPSA) is 38.3 Å². The van der Waals surface area contributed by atoms with E-state index >= 15 is 0 Å². The molecule has 0 unspecified atom stereocenters. The highest BCUT2D eigenvalue weighted by Crippen LogP contribution is 2.35. The van der Waals surface area contributed by atoms with Crippen molar-refractivity contribution in [1.29, 1.82) is 0 Å². The molecule has 0 spiro atoms. The third-order valence-corrected chi connectivity index (χ3v) is 2.95. The normalized spacial score (nSPS) is 11.1. The fourth-order valence-electron chi connectivity index (χ4n) is 1.82. The number of benzene rings is 2. The number of hydrogen-bond donors (Lipinski definition) is 1. The minimum atomic E-state index is -4.55. The van der Waals surface area contributed by atoms with Crippen LogP contribution < -0.4 is 10.1 Å². The van der Waals surface area contributed by atoms with Crippen LogP contribution >= 0.6 is 0 Å². The van der Waals surface area contributed by atoms with Crippen molar-refractivity contribution in [2.24, 2.45) is 0 Å². The van der Waals surface area contributed by atoms with Crippen LogP contribution in [-0.4, -0.2) is 12.5 Å². The summed E-state index contributed by atoms with van der Waals surface area (Å²) < 4.78 is 56.0. The Hall–Kier alpha value is -2.57. The number of para-hydroxylation sites is 1. The first-order chi connectivity index (χ1) is 10.9. The lowest BCUT2D eigenvalue weighted by atomic mass is 10.2. The standard InChI is InChI=1S/C16H13F4NO2/c17-12-7-5-11(6-8-12)9-21-15(22)10-23-14-4-2-1-3-13(14)16(18,19)20/h1-8H,9-10H2,(H,21,22). The van der Waals surface area contributed by atoms with Crippen LogP contribution in [0.15, 0.2) is 48.5 Å². The molecule has 2 rings (SSSR count). The van der Waals surface area contributed by atoms with Gasteiger partial charge in [-0.25, -0.2) is 4.39 Å². The van der Waals surface area contributed by atoms with Gasteiger partial charge in [-0.3, -0.25) is 4.79 Å². The van der Waals surface area contributed by atoms with Crippen molar-refractivity contribution < 1.29 is 27.1 Å². The number of hydrogen-bond acceptors (Lipinski definition) is 2. The maximum atomic E-state index is 12.8. The SMILES string of the molecule is O=C(COc1ccccc1C(F)(F)F)NCc1ccc(F)cc1. The Labute approximate surface area is 129 Å². The lowest BCUT2D eigenvalue weighted by Crippen LogP contribution is -2.28. The summed E-state index contributed by atoms with van der Waals surface area (Å²) in [5, 5.41) is 2.48. The molecule has 0 radical (unpaired) electrons. The molecule has 0 bridgehead atoms. The molecule has 7 heteroatoms. The molecule has 122 valence electrons. The fraction of sp³-hybridized carbons (Fsp3) is 0.188. The largest absolute Gasteiger partial charge is 0.483 e. The molecule has 0 atom stereocenters. The molecule has 2 aromatic carbocycles. The van der Waals surface area contributed by atoms with Crippen molar-refractivity contribution in [3.8, 4) is 5.75 Å². The number of rotatable bonds is 5. The van der Waals surface area contributed by atoms with Gasteiger partial charge < -0.3 is 10.1 Å². The minimum absolute atomic E-state index is 0.128. The van der Waals surface area contributed by atoms with E-state index < -0.39 is 35.8 Å². The van der Waals surface area contributed by atoms with Gasteiger partial charge >= 0.3 is 6.18 Å². The van der Waals surface area contributed by atoms with E-state index in [0.717, 1.165) is 12.1 Å². The van der Waals surface area contributed by atoms with Gasteiger partial charge in [0.15, 0.2) is 6.61 Å². The third kappa shape index (κ3) is 4.98. The van der Waals surface area contributed by atoms with E-state index in [1.54, 1.807) is 0 Å². The molecule has 0 heterocycles. The molecule has 0 saturated carbocycles. The Morgan fingerprint density at radius 1 is 1.04 bits per heavy atom. The average molecular weight is 327 g/mol. The summed E-state index contributed by atoms with van der Waals surface area (Å²) in [5.74, 6) is -1.38. The minimum Gasteiger partial charge on any atom is -0.483 e. The molecule has 0 aliphatic rings. The van der Waals surface area contributed by atoms with E-state index in [1.807, 2.05) is 0 Å². The van der Waals surface area contributed by atoms with Gasteiger partial charge in [0.05, 0.1) is 5.56 Å². The van der Waals surface area contributed by atoms with Crippen LogP contribution in [0.5, 0.6) is 5.75 Å². The first-order valence-corrected chi connectivity index (χ1v) is 6.66. The van der Waals surface area contributed by atoms with Crippen LogP contribution in [0.3, 0.4) is 0 Å². The summed E-state index contributed by atoms with van der Waals surface area (Å²) in [7, 11) is 0. The summed E-state index contributed by atoms with van der Waals surface area (Å²) in [6.07, 6.45) is -4.55. The van der Waals surface area contributed by atoms with Crippen LogP contribution in [0.25, 0.3) is 0 Å². The van der Waals surface area contributed by atoms with E-state index in [9.17, 15) is 22.4 Å². The molecule has 0 fully saturated rings. The molecule has 0 aliphatic heterocycles. The molecule has 0 saturated heterocycles. The number of carbonyl (C=O) groups excluding carboxylic acids is 1. The first-order valence-electron chi connectivity index (χ1n) is 6.66. The zero-order chi connectivity index (χ0) is 16.9. The molecule has 1 N–H and O–H groups in total. The van der Waals surface area contributed by atoms with Gasteiger partial charge in [-0.1, -0.05) is 24.3 Å². The maximum absolute atomic E-state index is 12.8. The van der Waals surface area contributed by atoms with Gasteiger partial charge in [-0.2, -0.15) is 13.2 Å². The van der Waals surface area contributed by atoms with E-state index in [-0.39, 0.29) is 6.54 Å². The van der Waals surface area contributed by atoms with Crippen LogP contribution in [0, 0.1) is 5.82 Å². The van der Waals surface area contributed by atoms with Crippen LogP contribution in [0.4, 0.5) is 17.6 Å². The van der Waals surface area contributed by atoms with Crippen molar-refractivity contribution in [2.45, 2.75) is 12.7 Å². The number of nitrogens with one attached hydrogen (secondary N) is 1. The number of amides is 1. The predicted octanol–water partition coefficient (Wildman–Crippen LogP) is 3.54. The molecule has 2 aromatic rings. The summed E-state index contributed by atoms with van der Waals surface area (Å²) in [6, 6.07) is 10.1. The number of alkyl halides is 3. The third-order valence-electron chi connectivity index (χ3n) is 2.95. The monoisotopic (exact) mass is 327 g/mol. The average Bonchev–Trinajstić information content (AvgIpc) is 2.52. The van der Waals surface area contributed by atoms with Gasteiger partial charge in [0.25, 0.3) is 5.91 Å². The molecule has 1 amide bonds. The molecular formula is C16H13F4NO2. The summed E-state index contributed by atoms with van der Waals surface area (Å²) in [5.41, 5.74) is -0.276. The van der Waals surface area contributed by atoms with Crippen LogP contribution in [0.2, 0.25) is 0 Å². The van der Waals surface area contributed by atoms with Gasteiger partial charge in [-0.15, -0.1) is 0 Å². The lowest BCUT2D eigenvalue weighted by molar-refractivity contribution is -0.139. The quantitative estimate of drug-likeness (QED) is 0.853. The van der Waals surface area contributed by atoms with Gasteiger partial charge in [0.1, 0.15) is 11.6 Å². The highest BCUT2D eigenvalue weighted by molar-refractivity contribution is 5.77. The van der Waals surface area contributed by atoms with Gasteiger partial charge in [-0.05, 0) is 29.8 Å². The number of halogens is 4. The molecule has 0 aliphatic carbocycles. The number of ether oxygens (including phenoxy) is 1. The summed E-state index contributed by atoms with van der Waals surface area (Å²) >= 11 is 0. The van der Waals surface area contributed by atoms with Crippen LogP contribution in [-0.2, 0) is 17.5 Å². The van der Waals surface area contributed by atoms with E-state index in [2.05, 4.69) is 5.32 Å². The molecule has 23 heavy (non-hydrogen) atoms. The Balaban J connectivity index is 1.89. The molecule has 0 aromatic heterocycles. The molecule has 3 nitrogen and oxygen atoms in total. The van der Waals surface area contributed by atoms with E-state index in [4.69, 9.17) is 4.74 Å². The highest BCUT2D eigenvalue weighted by atomic mass is 19.4. The van der Waals surface area contributed by atoms with E-state index in [1.165, 1.54) is 36.4 Å². The van der Waals surface area contributed by atoms with Crippen molar-refractivity contribution in [2.75, 3.05) is 6.61 Å². The van der Waals surface area contributed by atoms with Gasteiger partial charge in [0.2, 0.25) is 0 Å². The lowest BCUT2D eigenvalue weighted by Gasteiger charge is -2.13. The van der Waals surface area contributed by atoms with Crippen molar-refractivity contribution in [1.82, 2.24) is 5.32 Å². The van der Waals surface area contributed by atoms with Crippen LogP contribution in [0.1, 0.15) is 11.1 Å². The van der Waals surface area contributed by atoms with Crippen molar-refractivity contribution in [3.05, 3.63) is 65.5 Å². The van der Waals surface area contributed by atoms with Crippen molar-refractivity contribution >= 4 is 5.91 Å². The van der Waals surface area contributed by atoms with E-state index in [0.29, 0.717) is 5.56 Å². The number of carbonyl (C=O) groups is 1. The Kier molecular flexibility index (Phi) is 5.20. The highest BCUT2D eigenvalue weighted by Gasteiger charge is 2.34. The van der Waals surface area contributed by atoms with Crippen molar-refractivity contribution in [3.63, 3.8) is 0 Å². The fourth-order valence-corrected chi connectivity index (χ4v) is 1.82. The predicted molar refractivity (Wildman–Crippen MR) is 75.2 cm³/mol. The first kappa shape index (κ1) is 16.8. The Morgan fingerprint density at radius 2 is 1.70 bits per heavy atom. The summed E-state index contributed by atoms with van der Waals surface area (Å²) in [6.45, 7) is -0.419. The second-order valence-corrected chi connectivity index (χ2v) is 4.69. The maximum Gasteiger partial charge on any atom is 0.419 e. The summed E-state index contributed by atoms with van der Waals surface area (Å²) in [4.78, 5) is 11.6. The second-order valence-electron chi connectivity index (χ2n) is 4.69. The zero-order valence-corrected chi connectivity index (χ0v) is 11.9. The second kappa shape index (κ2) is 7.13. The van der Waals surface area contributed by atoms with Gasteiger partial charge in [0, 0.05) is 6.54 Å².